The van der Waals surface area contributed by atoms with Crippen molar-refractivity contribution >= 4 is 23.7 Å². The van der Waals surface area contributed by atoms with Gasteiger partial charge in [-0.05, 0) is 35.9 Å². The average Bonchev–Trinajstić information content (AvgIpc) is 2.97. The van der Waals surface area contributed by atoms with Crippen LogP contribution in [0.5, 0.6) is 0 Å². The van der Waals surface area contributed by atoms with Crippen LogP contribution >= 0.6 is 0 Å². The fourth-order valence-electron chi connectivity index (χ4n) is 1.64. The third-order valence-corrected chi connectivity index (χ3v) is 2.63. The molecule has 0 spiro atoms. The number of anilines is 1. The van der Waals surface area contributed by atoms with Crippen LogP contribution in [0, 0.1) is 0 Å². The first-order valence-corrected chi connectivity index (χ1v) is 6.28. The summed E-state index contributed by atoms with van der Waals surface area (Å²) in [7, 11) is 0. The topological polar surface area (TPSA) is 97.4 Å². The van der Waals surface area contributed by atoms with Crippen LogP contribution in [0.2, 0.25) is 0 Å². The lowest BCUT2D eigenvalue weighted by atomic mass is 10.2. The van der Waals surface area contributed by atoms with Crippen molar-refractivity contribution in [3.63, 3.8) is 0 Å². The Labute approximate surface area is 121 Å². The molecule has 0 saturated carbocycles. The van der Waals surface area contributed by atoms with Crippen molar-refractivity contribution in [2.24, 2.45) is 5.73 Å². The van der Waals surface area contributed by atoms with Gasteiger partial charge >= 0.3 is 6.03 Å². The van der Waals surface area contributed by atoms with Crippen molar-refractivity contribution in [3.05, 3.63) is 60.1 Å². The van der Waals surface area contributed by atoms with E-state index in [-0.39, 0.29) is 5.91 Å². The minimum absolute atomic E-state index is 0.217. The van der Waals surface area contributed by atoms with Crippen LogP contribution in [-0.2, 0) is 11.3 Å². The number of hydrogen-bond donors (Lipinski definition) is 3. The van der Waals surface area contributed by atoms with Crippen LogP contribution in [0.3, 0.4) is 0 Å². The Morgan fingerprint density at radius 2 is 1.95 bits per heavy atom. The highest BCUT2D eigenvalue weighted by molar-refractivity contribution is 5.91. The first-order valence-electron chi connectivity index (χ1n) is 6.28. The smallest absolute Gasteiger partial charge is 0.316 e. The van der Waals surface area contributed by atoms with Gasteiger partial charge < -0.3 is 20.8 Å². The number of primary amides is 1. The second-order valence-corrected chi connectivity index (χ2v) is 4.25. The summed E-state index contributed by atoms with van der Waals surface area (Å²) in [5.74, 6) is 0.401. The van der Waals surface area contributed by atoms with Gasteiger partial charge in [0.1, 0.15) is 5.76 Å². The Morgan fingerprint density at radius 1 is 1.19 bits per heavy atom. The summed E-state index contributed by atoms with van der Waals surface area (Å²) in [4.78, 5) is 22.3. The lowest BCUT2D eigenvalue weighted by molar-refractivity contribution is -0.116. The second-order valence-electron chi connectivity index (χ2n) is 4.25. The quantitative estimate of drug-likeness (QED) is 0.734. The van der Waals surface area contributed by atoms with E-state index >= 15 is 0 Å². The molecule has 0 aliphatic carbocycles. The predicted octanol–water partition coefficient (Wildman–Crippen LogP) is 2.10. The van der Waals surface area contributed by atoms with Crippen molar-refractivity contribution < 1.29 is 14.0 Å². The standard InChI is InChI=1S/C15H15N3O3/c16-15(20)18-12-5-3-11(4-6-12)10-17-14(19)8-7-13-2-1-9-21-13/h1-9H,10H2,(H,17,19)(H3,16,18,20)/b8-7+. The summed E-state index contributed by atoms with van der Waals surface area (Å²) in [6, 6.07) is 9.91. The minimum atomic E-state index is -0.612. The minimum Gasteiger partial charge on any atom is -0.465 e. The molecule has 21 heavy (non-hydrogen) atoms. The summed E-state index contributed by atoms with van der Waals surface area (Å²) in [6.07, 6.45) is 4.54. The third-order valence-electron chi connectivity index (χ3n) is 2.63. The number of nitrogens with two attached hydrogens (primary N) is 1. The number of benzene rings is 1. The maximum atomic E-state index is 11.6. The molecule has 2 aromatic rings. The van der Waals surface area contributed by atoms with Gasteiger partial charge in [-0.15, -0.1) is 0 Å². The van der Waals surface area contributed by atoms with E-state index < -0.39 is 6.03 Å². The molecular weight excluding hydrogens is 270 g/mol. The van der Waals surface area contributed by atoms with Gasteiger partial charge in [0.2, 0.25) is 5.91 Å². The van der Waals surface area contributed by atoms with Crippen molar-refractivity contribution in [2.45, 2.75) is 6.54 Å². The molecule has 0 aliphatic rings. The molecule has 1 aromatic carbocycles. The molecule has 0 saturated heterocycles. The van der Waals surface area contributed by atoms with Crippen LogP contribution in [-0.4, -0.2) is 11.9 Å². The molecule has 0 unspecified atom stereocenters. The molecule has 1 heterocycles. The highest BCUT2D eigenvalue weighted by atomic mass is 16.3. The highest BCUT2D eigenvalue weighted by Crippen LogP contribution is 2.09. The van der Waals surface area contributed by atoms with E-state index in [1.54, 1.807) is 48.7 Å². The number of carbonyl (C=O) groups is 2. The summed E-state index contributed by atoms with van der Waals surface area (Å²) < 4.78 is 5.08. The molecule has 2 rings (SSSR count). The predicted molar refractivity (Wildman–Crippen MR) is 79.2 cm³/mol. The van der Waals surface area contributed by atoms with E-state index in [0.717, 1.165) is 5.56 Å². The highest BCUT2D eigenvalue weighted by Gasteiger charge is 1.99. The van der Waals surface area contributed by atoms with Crippen LogP contribution in [0.4, 0.5) is 10.5 Å². The number of furan rings is 1. The number of amides is 3. The lowest BCUT2D eigenvalue weighted by Gasteiger charge is -2.05. The Balaban J connectivity index is 1.82. The summed E-state index contributed by atoms with van der Waals surface area (Å²) >= 11 is 0. The zero-order valence-electron chi connectivity index (χ0n) is 11.2. The van der Waals surface area contributed by atoms with Gasteiger partial charge in [0, 0.05) is 18.3 Å². The van der Waals surface area contributed by atoms with E-state index in [0.29, 0.717) is 18.0 Å². The second kappa shape index (κ2) is 6.95. The van der Waals surface area contributed by atoms with Gasteiger partial charge in [-0.1, -0.05) is 12.1 Å². The van der Waals surface area contributed by atoms with Gasteiger partial charge in [0.05, 0.1) is 6.26 Å². The van der Waals surface area contributed by atoms with Crippen molar-refractivity contribution in [3.8, 4) is 0 Å². The normalized spacial score (nSPS) is 10.5. The summed E-state index contributed by atoms with van der Waals surface area (Å²) in [5, 5.41) is 5.20. The monoisotopic (exact) mass is 285 g/mol. The first kappa shape index (κ1) is 14.4. The van der Waals surface area contributed by atoms with Gasteiger partial charge in [-0.3, -0.25) is 4.79 Å². The number of nitrogens with one attached hydrogen (secondary N) is 2. The van der Waals surface area contributed by atoms with Crippen LogP contribution in [0.25, 0.3) is 6.08 Å². The van der Waals surface area contributed by atoms with Crippen LogP contribution in [0.1, 0.15) is 11.3 Å². The van der Waals surface area contributed by atoms with Crippen LogP contribution in [0.15, 0.2) is 53.2 Å². The van der Waals surface area contributed by atoms with E-state index in [4.69, 9.17) is 10.2 Å². The molecule has 108 valence electrons. The van der Waals surface area contributed by atoms with Gasteiger partial charge in [0.15, 0.2) is 0 Å². The summed E-state index contributed by atoms with van der Waals surface area (Å²) in [6.45, 7) is 0.387. The average molecular weight is 285 g/mol. The van der Waals surface area contributed by atoms with E-state index in [9.17, 15) is 9.59 Å². The van der Waals surface area contributed by atoms with Gasteiger partial charge in [-0.2, -0.15) is 0 Å². The van der Waals surface area contributed by atoms with Gasteiger partial charge in [-0.25, -0.2) is 4.79 Å². The molecule has 6 heteroatoms. The van der Waals surface area contributed by atoms with E-state index in [2.05, 4.69) is 10.6 Å². The number of carbonyl (C=O) groups excluding carboxylic acids is 2. The Morgan fingerprint density at radius 3 is 2.57 bits per heavy atom. The lowest BCUT2D eigenvalue weighted by Crippen LogP contribution is -2.20. The van der Waals surface area contributed by atoms with Crippen molar-refractivity contribution in [1.82, 2.24) is 5.32 Å². The van der Waals surface area contributed by atoms with Crippen LogP contribution < -0.4 is 16.4 Å². The zero-order chi connectivity index (χ0) is 15.1. The fourth-order valence-corrected chi connectivity index (χ4v) is 1.64. The maximum Gasteiger partial charge on any atom is 0.316 e. The van der Waals surface area contributed by atoms with Gasteiger partial charge in [0.25, 0.3) is 0 Å². The van der Waals surface area contributed by atoms with Crippen molar-refractivity contribution in [2.75, 3.05) is 5.32 Å². The molecule has 0 bridgehead atoms. The van der Waals surface area contributed by atoms with Crippen molar-refractivity contribution in [1.29, 1.82) is 0 Å². The number of urea groups is 1. The molecule has 6 nitrogen and oxygen atoms in total. The van der Waals surface area contributed by atoms with E-state index in [1.165, 1.54) is 6.08 Å². The van der Waals surface area contributed by atoms with E-state index in [1.807, 2.05) is 0 Å². The molecule has 1 aromatic heterocycles. The molecule has 0 radical (unpaired) electrons. The summed E-state index contributed by atoms with van der Waals surface area (Å²) in [5.41, 5.74) is 6.53. The largest absolute Gasteiger partial charge is 0.465 e. The Bertz CT molecular complexity index is 631. The zero-order valence-corrected chi connectivity index (χ0v) is 11.2. The molecular formula is C15H15N3O3. The Kier molecular flexibility index (Phi) is 4.76. The SMILES string of the molecule is NC(=O)Nc1ccc(CNC(=O)/C=C/c2ccco2)cc1. The third kappa shape index (κ3) is 4.87. The number of hydrogen-bond acceptors (Lipinski definition) is 3. The molecule has 0 aliphatic heterocycles. The number of rotatable bonds is 5. The fraction of sp³-hybridized carbons (Fsp3) is 0.0667. The molecule has 0 fully saturated rings. The first-order chi connectivity index (χ1) is 10.1. The molecule has 4 N–H and O–H groups in total. The maximum absolute atomic E-state index is 11.6. The molecule has 0 atom stereocenters. The molecule has 3 amide bonds. The Hall–Kier alpha value is -3.02.